The molecule has 0 aliphatic heterocycles. The van der Waals surface area contributed by atoms with Crippen molar-refractivity contribution in [2.45, 2.75) is 13.0 Å². The number of fused-ring (bicyclic) bond motifs is 2. The van der Waals surface area contributed by atoms with Crippen LogP contribution in [0.2, 0.25) is 0 Å². The van der Waals surface area contributed by atoms with Crippen LogP contribution in [0, 0.1) is 5.92 Å². The van der Waals surface area contributed by atoms with Gasteiger partial charge < -0.3 is 9.80 Å². The average Bonchev–Trinajstić information content (AvgIpc) is 2.44. The van der Waals surface area contributed by atoms with Crippen molar-refractivity contribution < 1.29 is 0 Å². The Hall–Kier alpha value is -1.64. The Morgan fingerprint density at radius 3 is 2.50 bits per heavy atom. The molecule has 0 spiro atoms. The molecule has 2 aromatic rings. The highest BCUT2D eigenvalue weighted by atomic mass is 15.1. The van der Waals surface area contributed by atoms with Crippen LogP contribution in [0.5, 0.6) is 0 Å². The Labute approximate surface area is 134 Å². The van der Waals surface area contributed by atoms with E-state index in [1.54, 1.807) is 0 Å². The summed E-state index contributed by atoms with van der Waals surface area (Å²) in [6, 6.07) is 11.6. The molecule has 0 heterocycles. The zero-order valence-corrected chi connectivity index (χ0v) is 14.1. The van der Waals surface area contributed by atoms with Crippen LogP contribution in [0.15, 0.2) is 36.4 Å². The summed E-state index contributed by atoms with van der Waals surface area (Å²) >= 11 is 0. The SMILES string of the molecule is CN(C)Cc1ccc2cc3c(cc2c1)C=CC(CN(C)C)C3. The molecule has 2 nitrogen and oxygen atoms in total. The van der Waals surface area contributed by atoms with Crippen LogP contribution in [-0.2, 0) is 13.0 Å². The van der Waals surface area contributed by atoms with Gasteiger partial charge in [-0.3, -0.25) is 0 Å². The van der Waals surface area contributed by atoms with Crippen LogP contribution in [0.1, 0.15) is 16.7 Å². The fraction of sp³-hybridized carbons (Fsp3) is 0.400. The van der Waals surface area contributed by atoms with Gasteiger partial charge >= 0.3 is 0 Å². The minimum absolute atomic E-state index is 0.632. The third-order valence-corrected chi connectivity index (χ3v) is 4.29. The Kier molecular flexibility index (Phi) is 4.32. The van der Waals surface area contributed by atoms with E-state index in [0.717, 1.165) is 19.5 Å². The van der Waals surface area contributed by atoms with E-state index >= 15 is 0 Å². The molecule has 0 saturated heterocycles. The predicted octanol–water partition coefficient (Wildman–Crippen LogP) is 3.65. The Bertz CT molecular complexity index is 698. The molecule has 3 rings (SSSR count). The van der Waals surface area contributed by atoms with Crippen molar-refractivity contribution in [3.63, 3.8) is 0 Å². The standard InChI is InChI=1S/C20H26N2/c1-21(2)13-15-5-7-17-12-20-10-16(14-22(3)4)6-8-18(20)11-19(17)9-15/h5-9,11-12,16H,10,13-14H2,1-4H3. The van der Waals surface area contributed by atoms with E-state index < -0.39 is 0 Å². The van der Waals surface area contributed by atoms with Gasteiger partial charge in [-0.15, -0.1) is 0 Å². The second kappa shape index (κ2) is 6.23. The molecule has 1 aliphatic carbocycles. The van der Waals surface area contributed by atoms with Crippen LogP contribution in [0.3, 0.4) is 0 Å². The maximum absolute atomic E-state index is 2.39. The molecule has 22 heavy (non-hydrogen) atoms. The summed E-state index contributed by atoms with van der Waals surface area (Å²) in [5.41, 5.74) is 4.26. The van der Waals surface area contributed by atoms with E-state index in [-0.39, 0.29) is 0 Å². The molecular weight excluding hydrogens is 268 g/mol. The zero-order valence-electron chi connectivity index (χ0n) is 14.1. The summed E-state index contributed by atoms with van der Waals surface area (Å²) < 4.78 is 0. The molecule has 0 bridgehead atoms. The molecule has 0 fully saturated rings. The van der Waals surface area contributed by atoms with Crippen LogP contribution >= 0.6 is 0 Å². The van der Waals surface area contributed by atoms with E-state index in [0.29, 0.717) is 5.92 Å². The van der Waals surface area contributed by atoms with Gasteiger partial charge in [-0.25, -0.2) is 0 Å². The number of nitrogens with zero attached hydrogens (tertiary/aromatic N) is 2. The van der Waals surface area contributed by atoms with Crippen molar-refractivity contribution in [3.05, 3.63) is 53.1 Å². The minimum atomic E-state index is 0.632. The lowest BCUT2D eigenvalue weighted by atomic mass is 9.87. The van der Waals surface area contributed by atoms with Gasteiger partial charge in [0, 0.05) is 13.1 Å². The summed E-state index contributed by atoms with van der Waals surface area (Å²) in [4.78, 5) is 4.49. The third kappa shape index (κ3) is 3.40. The van der Waals surface area contributed by atoms with Gasteiger partial charge in [0.2, 0.25) is 0 Å². The number of hydrogen-bond acceptors (Lipinski definition) is 2. The number of hydrogen-bond donors (Lipinski definition) is 0. The average molecular weight is 294 g/mol. The van der Waals surface area contributed by atoms with Gasteiger partial charge in [-0.05, 0) is 80.1 Å². The smallest absolute Gasteiger partial charge is 0.0227 e. The highest BCUT2D eigenvalue weighted by Gasteiger charge is 2.15. The van der Waals surface area contributed by atoms with Gasteiger partial charge in [-0.2, -0.15) is 0 Å². The highest BCUT2D eigenvalue weighted by molar-refractivity contribution is 5.87. The molecule has 0 saturated carbocycles. The number of rotatable bonds is 4. The van der Waals surface area contributed by atoms with Crippen LogP contribution in [0.25, 0.3) is 16.8 Å². The quantitative estimate of drug-likeness (QED) is 0.849. The lowest BCUT2D eigenvalue weighted by Gasteiger charge is -2.23. The first-order valence-corrected chi connectivity index (χ1v) is 8.04. The fourth-order valence-electron chi connectivity index (χ4n) is 3.39. The van der Waals surface area contributed by atoms with E-state index in [4.69, 9.17) is 0 Å². The van der Waals surface area contributed by atoms with Crippen LogP contribution in [0.4, 0.5) is 0 Å². The first kappa shape index (κ1) is 15.3. The normalized spacial score (nSPS) is 17.5. The maximum atomic E-state index is 2.39. The highest BCUT2D eigenvalue weighted by Crippen LogP contribution is 2.28. The first-order valence-electron chi connectivity index (χ1n) is 8.04. The Balaban J connectivity index is 1.92. The molecule has 1 unspecified atom stereocenters. The molecule has 0 aromatic heterocycles. The van der Waals surface area contributed by atoms with Crippen LogP contribution < -0.4 is 0 Å². The fourth-order valence-corrected chi connectivity index (χ4v) is 3.39. The molecule has 1 aliphatic rings. The topological polar surface area (TPSA) is 6.48 Å². The summed E-state index contributed by atoms with van der Waals surface area (Å²) in [5.74, 6) is 0.632. The van der Waals surface area contributed by atoms with E-state index in [1.165, 1.54) is 27.5 Å². The van der Waals surface area contributed by atoms with Gasteiger partial charge in [0.25, 0.3) is 0 Å². The van der Waals surface area contributed by atoms with Gasteiger partial charge in [0.15, 0.2) is 0 Å². The molecule has 1 atom stereocenters. The van der Waals surface area contributed by atoms with Crippen LogP contribution in [-0.4, -0.2) is 44.5 Å². The van der Waals surface area contributed by atoms with Gasteiger partial charge in [0.05, 0.1) is 0 Å². The minimum Gasteiger partial charge on any atom is -0.309 e. The third-order valence-electron chi connectivity index (χ3n) is 4.29. The van der Waals surface area contributed by atoms with E-state index in [9.17, 15) is 0 Å². The molecular formula is C20H26N2. The summed E-state index contributed by atoms with van der Waals surface area (Å²) in [6.07, 6.45) is 5.84. The van der Waals surface area contributed by atoms with Crippen molar-refractivity contribution in [1.82, 2.24) is 9.80 Å². The molecule has 0 N–H and O–H groups in total. The lowest BCUT2D eigenvalue weighted by Crippen LogP contribution is -2.23. The molecule has 0 radical (unpaired) electrons. The summed E-state index contributed by atoms with van der Waals surface area (Å²) in [6.45, 7) is 2.11. The Morgan fingerprint density at radius 1 is 0.955 bits per heavy atom. The predicted molar refractivity (Wildman–Crippen MR) is 96.1 cm³/mol. The van der Waals surface area contributed by atoms with Gasteiger partial charge in [0.1, 0.15) is 0 Å². The summed E-state index contributed by atoms with van der Waals surface area (Å²) in [7, 11) is 8.53. The van der Waals surface area contributed by atoms with Crippen molar-refractivity contribution in [1.29, 1.82) is 0 Å². The van der Waals surface area contributed by atoms with Crippen molar-refractivity contribution in [2.75, 3.05) is 34.7 Å². The van der Waals surface area contributed by atoms with E-state index in [1.807, 2.05) is 0 Å². The summed E-state index contributed by atoms with van der Waals surface area (Å²) in [5, 5.41) is 2.72. The first-order chi connectivity index (χ1) is 10.5. The maximum Gasteiger partial charge on any atom is 0.0227 e. The molecule has 2 heteroatoms. The van der Waals surface area contributed by atoms with Crippen molar-refractivity contribution >= 4 is 16.8 Å². The number of benzene rings is 2. The van der Waals surface area contributed by atoms with E-state index in [2.05, 4.69) is 80.5 Å². The zero-order chi connectivity index (χ0) is 15.7. The largest absolute Gasteiger partial charge is 0.309 e. The Morgan fingerprint density at radius 2 is 1.77 bits per heavy atom. The molecule has 2 aromatic carbocycles. The lowest BCUT2D eigenvalue weighted by molar-refractivity contribution is 0.357. The van der Waals surface area contributed by atoms with Gasteiger partial charge in [-0.1, -0.05) is 30.4 Å². The molecule has 116 valence electrons. The second-order valence-electron chi connectivity index (χ2n) is 7.06. The van der Waals surface area contributed by atoms with Crippen molar-refractivity contribution in [3.8, 4) is 0 Å². The van der Waals surface area contributed by atoms with Crippen molar-refractivity contribution in [2.24, 2.45) is 5.92 Å². The second-order valence-corrected chi connectivity index (χ2v) is 7.06. The monoisotopic (exact) mass is 294 g/mol. The molecule has 0 amide bonds.